The molecule has 4 aromatic rings. The maximum absolute atomic E-state index is 12.3. The number of pyridine rings is 1. The molecule has 7 nitrogen and oxygen atoms in total. The minimum atomic E-state index is -0.320. The number of para-hydroxylation sites is 1. The third-order valence-electron chi connectivity index (χ3n) is 4.51. The van der Waals surface area contributed by atoms with E-state index in [-0.39, 0.29) is 18.0 Å². The van der Waals surface area contributed by atoms with Gasteiger partial charge in [-0.05, 0) is 36.2 Å². The monoisotopic (exact) mass is 373 g/mol. The maximum atomic E-state index is 12.3. The van der Waals surface area contributed by atoms with Crippen molar-refractivity contribution in [1.29, 1.82) is 0 Å². The van der Waals surface area contributed by atoms with Gasteiger partial charge >= 0.3 is 0 Å². The zero-order valence-electron chi connectivity index (χ0n) is 15.1. The van der Waals surface area contributed by atoms with Crippen molar-refractivity contribution in [3.63, 3.8) is 0 Å². The zero-order valence-corrected chi connectivity index (χ0v) is 15.1. The summed E-state index contributed by atoms with van der Waals surface area (Å²) >= 11 is 0. The van der Waals surface area contributed by atoms with E-state index in [9.17, 15) is 9.59 Å². The second-order valence-electron chi connectivity index (χ2n) is 6.42. The van der Waals surface area contributed by atoms with Gasteiger partial charge in [0.25, 0.3) is 5.56 Å². The van der Waals surface area contributed by atoms with Crippen LogP contribution in [0.5, 0.6) is 0 Å². The van der Waals surface area contributed by atoms with Crippen molar-refractivity contribution < 1.29 is 4.79 Å². The van der Waals surface area contributed by atoms with Crippen LogP contribution in [0, 0.1) is 0 Å². The highest BCUT2D eigenvalue weighted by Gasteiger charge is 2.09. The second-order valence-corrected chi connectivity index (χ2v) is 6.42. The van der Waals surface area contributed by atoms with Gasteiger partial charge in [0.1, 0.15) is 6.54 Å². The number of fused-ring (bicyclic) bond motifs is 1. The predicted octanol–water partition coefficient (Wildman–Crippen LogP) is 2.15. The maximum Gasteiger partial charge on any atom is 0.267 e. The molecule has 0 unspecified atom stereocenters. The Morgan fingerprint density at radius 3 is 2.86 bits per heavy atom. The van der Waals surface area contributed by atoms with Gasteiger partial charge in [-0.25, -0.2) is 4.68 Å². The van der Waals surface area contributed by atoms with Gasteiger partial charge in [-0.3, -0.25) is 14.6 Å². The molecule has 140 valence electrons. The Bertz CT molecular complexity index is 1160. The lowest BCUT2D eigenvalue weighted by molar-refractivity contribution is -0.121. The summed E-state index contributed by atoms with van der Waals surface area (Å²) in [5.41, 5.74) is 3.28. The number of amides is 1. The first-order valence-electron chi connectivity index (χ1n) is 9.01. The van der Waals surface area contributed by atoms with Crippen LogP contribution >= 0.6 is 0 Å². The Balaban J connectivity index is 1.39. The number of H-pyrrole nitrogens is 1. The second kappa shape index (κ2) is 7.87. The van der Waals surface area contributed by atoms with Crippen LogP contribution in [-0.4, -0.2) is 32.2 Å². The van der Waals surface area contributed by atoms with E-state index in [2.05, 4.69) is 26.4 Å². The minimum Gasteiger partial charge on any atom is -0.361 e. The van der Waals surface area contributed by atoms with E-state index >= 15 is 0 Å². The van der Waals surface area contributed by atoms with E-state index in [1.54, 1.807) is 24.5 Å². The summed E-state index contributed by atoms with van der Waals surface area (Å²) < 4.78 is 1.17. The highest BCUT2D eigenvalue weighted by molar-refractivity contribution is 5.83. The highest BCUT2D eigenvalue weighted by Crippen LogP contribution is 2.17. The smallest absolute Gasteiger partial charge is 0.267 e. The Morgan fingerprint density at radius 2 is 2.00 bits per heavy atom. The molecule has 0 atom stereocenters. The number of rotatable bonds is 6. The fourth-order valence-corrected chi connectivity index (χ4v) is 3.10. The molecule has 0 saturated carbocycles. The Hall–Kier alpha value is -3.74. The molecule has 0 aliphatic rings. The molecule has 0 radical (unpaired) electrons. The number of nitrogens with zero attached hydrogens (tertiary/aromatic N) is 3. The van der Waals surface area contributed by atoms with Crippen molar-refractivity contribution in [2.75, 3.05) is 6.54 Å². The lowest BCUT2D eigenvalue weighted by Gasteiger charge is -2.08. The number of nitrogens with one attached hydrogen (secondary N) is 2. The van der Waals surface area contributed by atoms with Crippen LogP contribution in [0.25, 0.3) is 22.2 Å². The van der Waals surface area contributed by atoms with Crippen LogP contribution in [0.3, 0.4) is 0 Å². The SMILES string of the molecule is O=C(Cn1nc(-c2cccnc2)ccc1=O)NCCc1c[nH]c2ccccc12. The summed E-state index contributed by atoms with van der Waals surface area (Å²) in [6, 6.07) is 14.7. The summed E-state index contributed by atoms with van der Waals surface area (Å²) in [6.07, 6.45) is 5.99. The van der Waals surface area contributed by atoms with Gasteiger partial charge in [0, 0.05) is 47.7 Å². The molecule has 0 bridgehead atoms. The first kappa shape index (κ1) is 17.7. The third-order valence-corrected chi connectivity index (χ3v) is 4.51. The molecule has 0 saturated heterocycles. The van der Waals surface area contributed by atoms with E-state index in [0.717, 1.165) is 22.0 Å². The molecule has 3 heterocycles. The third kappa shape index (κ3) is 3.83. The molecule has 0 aliphatic heterocycles. The van der Waals surface area contributed by atoms with Gasteiger partial charge in [-0.2, -0.15) is 5.10 Å². The van der Waals surface area contributed by atoms with Gasteiger partial charge in [0.2, 0.25) is 5.91 Å². The van der Waals surface area contributed by atoms with Crippen LogP contribution in [0.15, 0.2) is 71.9 Å². The molecule has 7 heteroatoms. The summed E-state index contributed by atoms with van der Waals surface area (Å²) in [4.78, 5) is 31.6. The quantitative estimate of drug-likeness (QED) is 0.542. The molecular formula is C21H19N5O2. The number of hydrogen-bond acceptors (Lipinski definition) is 4. The predicted molar refractivity (Wildman–Crippen MR) is 107 cm³/mol. The molecule has 1 aromatic carbocycles. The fraction of sp³-hybridized carbons (Fsp3) is 0.143. The van der Waals surface area contributed by atoms with Crippen molar-refractivity contribution in [1.82, 2.24) is 25.1 Å². The lowest BCUT2D eigenvalue weighted by atomic mass is 10.1. The van der Waals surface area contributed by atoms with Crippen molar-refractivity contribution in [3.8, 4) is 11.3 Å². The number of aromatic amines is 1. The number of carbonyl (C=O) groups is 1. The molecule has 28 heavy (non-hydrogen) atoms. The average Bonchev–Trinajstić information content (AvgIpc) is 3.13. The Morgan fingerprint density at radius 1 is 1.11 bits per heavy atom. The fourth-order valence-electron chi connectivity index (χ4n) is 3.10. The standard InChI is InChI=1S/C21H19N5O2/c27-20(23-11-9-15-13-24-19-6-2-1-5-17(15)19)14-26-21(28)8-7-18(25-26)16-4-3-10-22-12-16/h1-8,10,12-13,24H,9,11,14H2,(H,23,27). The van der Waals surface area contributed by atoms with Crippen LogP contribution in [0.1, 0.15) is 5.56 Å². The first-order valence-corrected chi connectivity index (χ1v) is 9.01. The van der Waals surface area contributed by atoms with Crippen molar-refractivity contribution in [3.05, 3.63) is 83.0 Å². The molecule has 0 fully saturated rings. The molecule has 0 aliphatic carbocycles. The van der Waals surface area contributed by atoms with Crippen LogP contribution < -0.4 is 10.9 Å². The first-order chi connectivity index (χ1) is 13.7. The number of carbonyl (C=O) groups excluding carboxylic acids is 1. The average molecular weight is 373 g/mol. The van der Waals surface area contributed by atoms with Crippen molar-refractivity contribution >= 4 is 16.8 Å². The van der Waals surface area contributed by atoms with Crippen LogP contribution in [-0.2, 0) is 17.8 Å². The van der Waals surface area contributed by atoms with Gasteiger partial charge in [0.05, 0.1) is 5.69 Å². The Labute approximate surface area is 161 Å². The largest absolute Gasteiger partial charge is 0.361 e. The Kier molecular flexibility index (Phi) is 4.97. The van der Waals surface area contributed by atoms with E-state index in [0.29, 0.717) is 18.7 Å². The van der Waals surface area contributed by atoms with Gasteiger partial charge in [0.15, 0.2) is 0 Å². The van der Waals surface area contributed by atoms with Crippen LogP contribution in [0.2, 0.25) is 0 Å². The van der Waals surface area contributed by atoms with Gasteiger partial charge < -0.3 is 10.3 Å². The van der Waals surface area contributed by atoms with E-state index < -0.39 is 0 Å². The number of benzene rings is 1. The number of hydrogen-bond donors (Lipinski definition) is 2. The molecule has 0 spiro atoms. The minimum absolute atomic E-state index is 0.124. The normalized spacial score (nSPS) is 10.9. The zero-order chi connectivity index (χ0) is 19.3. The summed E-state index contributed by atoms with van der Waals surface area (Å²) in [5, 5.41) is 8.29. The summed E-state index contributed by atoms with van der Waals surface area (Å²) in [7, 11) is 0. The molecular weight excluding hydrogens is 354 g/mol. The molecule has 3 aromatic heterocycles. The summed E-state index contributed by atoms with van der Waals surface area (Å²) in [6.45, 7) is 0.360. The van der Waals surface area contributed by atoms with Gasteiger partial charge in [-0.15, -0.1) is 0 Å². The van der Waals surface area contributed by atoms with Crippen molar-refractivity contribution in [2.24, 2.45) is 0 Å². The highest BCUT2D eigenvalue weighted by atomic mass is 16.2. The van der Waals surface area contributed by atoms with Gasteiger partial charge in [-0.1, -0.05) is 18.2 Å². The van der Waals surface area contributed by atoms with E-state index in [4.69, 9.17) is 0 Å². The van der Waals surface area contributed by atoms with Crippen molar-refractivity contribution in [2.45, 2.75) is 13.0 Å². The van der Waals surface area contributed by atoms with E-state index in [1.807, 2.05) is 30.5 Å². The molecule has 1 amide bonds. The number of aromatic nitrogens is 4. The summed E-state index contributed by atoms with van der Waals surface area (Å²) in [5.74, 6) is -0.252. The van der Waals surface area contributed by atoms with Crippen LogP contribution in [0.4, 0.5) is 0 Å². The molecule has 2 N–H and O–H groups in total. The molecule has 4 rings (SSSR count). The lowest BCUT2D eigenvalue weighted by Crippen LogP contribution is -2.34. The van der Waals surface area contributed by atoms with E-state index in [1.165, 1.54) is 10.7 Å². The topological polar surface area (TPSA) is 92.7 Å².